The molecular formula is C16H14N2O4. The van der Waals surface area contributed by atoms with E-state index < -0.39 is 12.0 Å². The number of ether oxygens (including phenoxy) is 1. The molecule has 0 saturated carbocycles. The van der Waals surface area contributed by atoms with Gasteiger partial charge in [0, 0.05) is 18.0 Å². The molecule has 0 radical (unpaired) electrons. The molecule has 0 bridgehead atoms. The molecule has 1 amide bonds. The fourth-order valence-corrected chi connectivity index (χ4v) is 2.67. The van der Waals surface area contributed by atoms with Crippen LogP contribution in [0, 0.1) is 0 Å². The van der Waals surface area contributed by atoms with Crippen LogP contribution < -0.4 is 9.64 Å². The molecule has 1 aromatic heterocycles. The number of hydrogen-bond donors (Lipinski definition) is 1. The summed E-state index contributed by atoms with van der Waals surface area (Å²) < 4.78 is 5.17. The molecule has 1 aliphatic rings. The summed E-state index contributed by atoms with van der Waals surface area (Å²) in [5.41, 5.74) is 1.53. The number of fused-ring (bicyclic) bond motifs is 1. The number of carboxylic acids is 1. The lowest BCUT2D eigenvalue weighted by Crippen LogP contribution is -2.29. The van der Waals surface area contributed by atoms with Gasteiger partial charge in [0.05, 0.1) is 30.8 Å². The number of carbonyl (C=O) groups excluding carboxylic acids is 1. The molecule has 2 heterocycles. The van der Waals surface area contributed by atoms with Crippen molar-refractivity contribution < 1.29 is 19.4 Å². The average Bonchev–Trinajstić information content (AvgIpc) is 2.80. The number of aliphatic carboxylic acids is 1. The van der Waals surface area contributed by atoms with Crippen LogP contribution in [0.3, 0.4) is 0 Å². The zero-order valence-electron chi connectivity index (χ0n) is 11.9. The monoisotopic (exact) mass is 298 g/mol. The van der Waals surface area contributed by atoms with Crippen molar-refractivity contribution in [2.45, 2.75) is 12.5 Å². The number of carbonyl (C=O) groups is 2. The molecule has 6 heteroatoms. The molecule has 1 aromatic carbocycles. The van der Waals surface area contributed by atoms with Crippen LogP contribution in [0.25, 0.3) is 0 Å². The number of pyridine rings is 1. The van der Waals surface area contributed by atoms with E-state index in [2.05, 4.69) is 4.98 Å². The molecule has 22 heavy (non-hydrogen) atoms. The Morgan fingerprint density at radius 3 is 2.91 bits per heavy atom. The fraction of sp³-hybridized carbons (Fsp3) is 0.188. The van der Waals surface area contributed by atoms with E-state index in [1.807, 2.05) is 0 Å². The van der Waals surface area contributed by atoms with E-state index in [0.29, 0.717) is 22.7 Å². The number of hydrogen-bond acceptors (Lipinski definition) is 4. The maximum absolute atomic E-state index is 12.6. The first kappa shape index (κ1) is 14.1. The van der Waals surface area contributed by atoms with Gasteiger partial charge in [0.25, 0.3) is 5.91 Å². The summed E-state index contributed by atoms with van der Waals surface area (Å²) in [4.78, 5) is 29.5. The molecule has 1 unspecified atom stereocenters. The smallest absolute Gasteiger partial charge is 0.305 e. The Balaban J connectivity index is 2.09. The van der Waals surface area contributed by atoms with Gasteiger partial charge in [-0.1, -0.05) is 6.07 Å². The number of methoxy groups -OCH3 is 1. The summed E-state index contributed by atoms with van der Waals surface area (Å²) in [6.45, 7) is 0. The summed E-state index contributed by atoms with van der Waals surface area (Å²) in [5.74, 6) is -0.630. The largest absolute Gasteiger partial charge is 0.497 e. The number of amides is 1. The lowest BCUT2D eigenvalue weighted by Gasteiger charge is -2.24. The molecule has 0 aliphatic carbocycles. The quantitative estimate of drug-likeness (QED) is 0.936. The van der Waals surface area contributed by atoms with Crippen LogP contribution in [0.4, 0.5) is 5.69 Å². The second kappa shape index (κ2) is 5.48. The number of carboxylic acid groups (broad SMARTS) is 1. The van der Waals surface area contributed by atoms with Crippen LogP contribution >= 0.6 is 0 Å². The molecule has 1 atom stereocenters. The summed E-state index contributed by atoms with van der Waals surface area (Å²) in [7, 11) is 1.54. The van der Waals surface area contributed by atoms with Gasteiger partial charge in [-0.05, 0) is 24.3 Å². The van der Waals surface area contributed by atoms with Crippen LogP contribution in [0.15, 0.2) is 42.6 Å². The van der Waals surface area contributed by atoms with E-state index in [0.717, 1.165) is 0 Å². The van der Waals surface area contributed by atoms with Gasteiger partial charge >= 0.3 is 5.97 Å². The maximum atomic E-state index is 12.6. The van der Waals surface area contributed by atoms with Crippen molar-refractivity contribution >= 4 is 17.6 Å². The normalized spacial score (nSPS) is 16.5. The Hall–Kier alpha value is -2.89. The Kier molecular flexibility index (Phi) is 3.50. The lowest BCUT2D eigenvalue weighted by molar-refractivity contribution is -0.137. The van der Waals surface area contributed by atoms with Gasteiger partial charge in [-0.25, -0.2) is 0 Å². The number of benzene rings is 1. The Morgan fingerprint density at radius 2 is 2.18 bits per heavy atom. The SMILES string of the molecule is COc1cccc(N2C(=O)c3cccnc3C2CC(=O)O)c1. The molecule has 3 rings (SSSR count). The van der Waals surface area contributed by atoms with Crippen molar-refractivity contribution in [2.75, 3.05) is 12.0 Å². The fourth-order valence-electron chi connectivity index (χ4n) is 2.67. The van der Waals surface area contributed by atoms with Gasteiger partial charge in [0.15, 0.2) is 0 Å². The molecule has 6 nitrogen and oxygen atoms in total. The van der Waals surface area contributed by atoms with Crippen molar-refractivity contribution in [3.63, 3.8) is 0 Å². The predicted molar refractivity (Wildman–Crippen MR) is 79.0 cm³/mol. The van der Waals surface area contributed by atoms with Crippen molar-refractivity contribution in [1.29, 1.82) is 0 Å². The summed E-state index contributed by atoms with van der Waals surface area (Å²) in [5, 5.41) is 9.16. The van der Waals surface area contributed by atoms with Crippen molar-refractivity contribution in [3.8, 4) is 5.75 Å². The highest BCUT2D eigenvalue weighted by Gasteiger charge is 2.40. The molecule has 0 saturated heterocycles. The van der Waals surface area contributed by atoms with E-state index >= 15 is 0 Å². The van der Waals surface area contributed by atoms with Gasteiger partial charge in [0.1, 0.15) is 5.75 Å². The molecule has 0 fully saturated rings. The topological polar surface area (TPSA) is 79.7 Å². The maximum Gasteiger partial charge on any atom is 0.305 e. The van der Waals surface area contributed by atoms with Crippen molar-refractivity contribution in [3.05, 3.63) is 53.9 Å². The minimum absolute atomic E-state index is 0.201. The van der Waals surface area contributed by atoms with E-state index in [1.54, 1.807) is 42.6 Å². The first-order valence-corrected chi connectivity index (χ1v) is 6.76. The molecule has 112 valence electrons. The first-order chi connectivity index (χ1) is 10.6. The first-order valence-electron chi connectivity index (χ1n) is 6.76. The lowest BCUT2D eigenvalue weighted by atomic mass is 10.1. The van der Waals surface area contributed by atoms with Crippen LogP contribution in [0.1, 0.15) is 28.5 Å². The Bertz CT molecular complexity index is 744. The van der Waals surface area contributed by atoms with Gasteiger partial charge < -0.3 is 9.84 Å². The van der Waals surface area contributed by atoms with Gasteiger partial charge in [-0.3, -0.25) is 19.5 Å². The third kappa shape index (κ3) is 2.28. The van der Waals surface area contributed by atoms with Gasteiger partial charge in [-0.2, -0.15) is 0 Å². The summed E-state index contributed by atoms with van der Waals surface area (Å²) in [6, 6.07) is 9.70. The second-order valence-electron chi connectivity index (χ2n) is 4.93. The van der Waals surface area contributed by atoms with Crippen LogP contribution in [0.2, 0.25) is 0 Å². The van der Waals surface area contributed by atoms with E-state index in [4.69, 9.17) is 9.84 Å². The number of anilines is 1. The third-order valence-corrected chi connectivity index (χ3v) is 3.61. The van der Waals surface area contributed by atoms with E-state index in [1.165, 1.54) is 12.0 Å². The van der Waals surface area contributed by atoms with Gasteiger partial charge in [0.2, 0.25) is 0 Å². The highest BCUT2D eigenvalue weighted by atomic mass is 16.5. The van der Waals surface area contributed by atoms with Gasteiger partial charge in [-0.15, -0.1) is 0 Å². The molecular weight excluding hydrogens is 284 g/mol. The highest BCUT2D eigenvalue weighted by molar-refractivity contribution is 6.11. The second-order valence-corrected chi connectivity index (χ2v) is 4.93. The average molecular weight is 298 g/mol. The molecule has 1 N–H and O–H groups in total. The molecule has 1 aliphatic heterocycles. The zero-order chi connectivity index (χ0) is 15.7. The predicted octanol–water partition coefficient (Wildman–Crippen LogP) is 2.27. The number of nitrogens with zero attached hydrogens (tertiary/aromatic N) is 2. The Labute approximate surface area is 127 Å². The number of rotatable bonds is 4. The van der Waals surface area contributed by atoms with E-state index in [-0.39, 0.29) is 12.3 Å². The van der Waals surface area contributed by atoms with Crippen molar-refractivity contribution in [1.82, 2.24) is 4.98 Å². The number of aromatic nitrogens is 1. The summed E-state index contributed by atoms with van der Waals surface area (Å²) in [6.07, 6.45) is 1.36. The van der Waals surface area contributed by atoms with Crippen LogP contribution in [-0.4, -0.2) is 29.1 Å². The standard InChI is InChI=1S/C16H14N2O4/c1-22-11-5-2-4-10(8-11)18-13(9-14(19)20)15-12(16(18)21)6-3-7-17-15/h2-8,13H,9H2,1H3,(H,19,20). The minimum Gasteiger partial charge on any atom is -0.497 e. The molecule has 0 spiro atoms. The minimum atomic E-state index is -0.982. The van der Waals surface area contributed by atoms with E-state index in [9.17, 15) is 9.59 Å². The zero-order valence-corrected chi connectivity index (χ0v) is 11.9. The van der Waals surface area contributed by atoms with Crippen LogP contribution in [0.5, 0.6) is 5.75 Å². The highest BCUT2D eigenvalue weighted by Crippen LogP contribution is 2.39. The summed E-state index contributed by atoms with van der Waals surface area (Å²) >= 11 is 0. The van der Waals surface area contributed by atoms with Crippen LogP contribution in [-0.2, 0) is 4.79 Å². The third-order valence-electron chi connectivity index (χ3n) is 3.61. The Morgan fingerprint density at radius 1 is 1.36 bits per heavy atom. The molecule has 2 aromatic rings. The van der Waals surface area contributed by atoms with Crippen molar-refractivity contribution in [2.24, 2.45) is 0 Å².